The van der Waals surface area contributed by atoms with Gasteiger partial charge in [-0.3, -0.25) is 4.79 Å². The summed E-state index contributed by atoms with van der Waals surface area (Å²) in [4.78, 5) is 12.5. The first-order valence-corrected chi connectivity index (χ1v) is 9.08. The van der Waals surface area contributed by atoms with E-state index in [4.69, 9.17) is 9.47 Å². The fourth-order valence-corrected chi connectivity index (χ4v) is 2.64. The van der Waals surface area contributed by atoms with E-state index < -0.39 is 11.7 Å². The number of anilines is 1. The zero-order chi connectivity index (χ0) is 19.9. The number of carbonyl (C=O) groups excluding carboxylic acids is 1. The number of halogens is 1. The van der Waals surface area contributed by atoms with Crippen LogP contribution < -0.4 is 14.8 Å². The van der Waals surface area contributed by atoms with Crippen molar-refractivity contribution in [2.75, 3.05) is 11.9 Å². The Morgan fingerprint density at radius 2 is 1.71 bits per heavy atom. The molecule has 0 unspecified atom stereocenters. The monoisotopic (exact) mass is 379 g/mol. The third kappa shape index (κ3) is 4.88. The minimum atomic E-state index is -0.487. The maximum Gasteiger partial charge on any atom is 0.255 e. The molecule has 0 fully saturated rings. The molecule has 3 rings (SSSR count). The average Bonchev–Trinajstić information content (AvgIpc) is 2.70. The SMILES string of the molecule is CCOc1cc(C(=O)Nc2ccccc2F)ccc1OCc1ccc(C)cc1. The molecule has 0 heterocycles. The first kappa shape index (κ1) is 19.4. The van der Waals surface area contributed by atoms with Gasteiger partial charge in [-0.25, -0.2) is 4.39 Å². The van der Waals surface area contributed by atoms with Gasteiger partial charge in [-0.2, -0.15) is 0 Å². The number of carbonyl (C=O) groups is 1. The summed E-state index contributed by atoms with van der Waals surface area (Å²) in [6.45, 7) is 4.71. The maximum atomic E-state index is 13.8. The summed E-state index contributed by atoms with van der Waals surface area (Å²) in [6, 6.07) is 19.0. The van der Waals surface area contributed by atoms with E-state index in [1.807, 2.05) is 38.1 Å². The number of hydrogen-bond acceptors (Lipinski definition) is 3. The van der Waals surface area contributed by atoms with Gasteiger partial charge in [0.1, 0.15) is 12.4 Å². The number of aryl methyl sites for hydroxylation is 1. The summed E-state index contributed by atoms with van der Waals surface area (Å²) in [5.41, 5.74) is 2.71. The van der Waals surface area contributed by atoms with Crippen LogP contribution in [0, 0.1) is 12.7 Å². The van der Waals surface area contributed by atoms with Crippen molar-refractivity contribution in [1.29, 1.82) is 0 Å². The van der Waals surface area contributed by atoms with Crippen LogP contribution in [-0.4, -0.2) is 12.5 Å². The van der Waals surface area contributed by atoms with Crippen LogP contribution in [0.5, 0.6) is 11.5 Å². The van der Waals surface area contributed by atoms with Crippen LogP contribution in [0.2, 0.25) is 0 Å². The molecule has 0 spiro atoms. The molecular formula is C23H22FNO3. The van der Waals surface area contributed by atoms with Crippen LogP contribution in [-0.2, 0) is 6.61 Å². The molecule has 0 radical (unpaired) electrons. The maximum absolute atomic E-state index is 13.8. The van der Waals surface area contributed by atoms with Crippen LogP contribution in [0.15, 0.2) is 66.7 Å². The second kappa shape index (κ2) is 9.04. The Bertz CT molecular complexity index is 954. The number of hydrogen-bond donors (Lipinski definition) is 1. The molecule has 1 N–H and O–H groups in total. The number of benzene rings is 3. The van der Waals surface area contributed by atoms with Crippen molar-refractivity contribution in [3.05, 3.63) is 89.2 Å². The average molecular weight is 379 g/mol. The molecule has 0 aliphatic carbocycles. The van der Waals surface area contributed by atoms with Gasteiger partial charge in [0.05, 0.1) is 12.3 Å². The molecule has 3 aromatic rings. The van der Waals surface area contributed by atoms with Gasteiger partial charge >= 0.3 is 0 Å². The molecule has 3 aromatic carbocycles. The van der Waals surface area contributed by atoms with Gasteiger partial charge in [0, 0.05) is 5.56 Å². The van der Waals surface area contributed by atoms with Crippen LogP contribution in [0.1, 0.15) is 28.4 Å². The van der Waals surface area contributed by atoms with Crippen molar-refractivity contribution in [3.63, 3.8) is 0 Å². The van der Waals surface area contributed by atoms with Crippen molar-refractivity contribution in [3.8, 4) is 11.5 Å². The van der Waals surface area contributed by atoms with E-state index in [1.165, 1.54) is 17.7 Å². The smallest absolute Gasteiger partial charge is 0.255 e. The van der Waals surface area contributed by atoms with Crippen LogP contribution >= 0.6 is 0 Å². The Hall–Kier alpha value is -3.34. The van der Waals surface area contributed by atoms with Crippen molar-refractivity contribution >= 4 is 11.6 Å². The van der Waals surface area contributed by atoms with E-state index >= 15 is 0 Å². The highest BCUT2D eigenvalue weighted by molar-refractivity contribution is 6.04. The molecular weight excluding hydrogens is 357 g/mol. The normalized spacial score (nSPS) is 10.4. The summed E-state index contributed by atoms with van der Waals surface area (Å²) in [7, 11) is 0. The van der Waals surface area contributed by atoms with Crippen LogP contribution in [0.25, 0.3) is 0 Å². The van der Waals surface area contributed by atoms with Gasteiger partial charge in [-0.1, -0.05) is 42.0 Å². The fraction of sp³-hybridized carbons (Fsp3) is 0.174. The third-order valence-corrected chi connectivity index (χ3v) is 4.14. The Labute approximate surface area is 163 Å². The second-order valence-corrected chi connectivity index (χ2v) is 6.30. The van der Waals surface area contributed by atoms with Crippen molar-refractivity contribution in [1.82, 2.24) is 0 Å². The Kier molecular flexibility index (Phi) is 6.27. The number of rotatable bonds is 7. The molecule has 28 heavy (non-hydrogen) atoms. The highest BCUT2D eigenvalue weighted by Crippen LogP contribution is 2.30. The largest absolute Gasteiger partial charge is 0.490 e. The zero-order valence-electron chi connectivity index (χ0n) is 15.9. The summed E-state index contributed by atoms with van der Waals surface area (Å²) >= 11 is 0. The first-order valence-electron chi connectivity index (χ1n) is 9.08. The van der Waals surface area contributed by atoms with E-state index in [9.17, 15) is 9.18 Å². The summed E-state index contributed by atoms with van der Waals surface area (Å²) in [6.07, 6.45) is 0. The minimum Gasteiger partial charge on any atom is -0.490 e. The molecule has 144 valence electrons. The second-order valence-electron chi connectivity index (χ2n) is 6.30. The molecule has 0 aliphatic rings. The predicted octanol–water partition coefficient (Wildman–Crippen LogP) is 5.36. The summed E-state index contributed by atoms with van der Waals surface area (Å²) in [5, 5.41) is 2.57. The fourth-order valence-electron chi connectivity index (χ4n) is 2.64. The zero-order valence-corrected chi connectivity index (χ0v) is 15.9. The van der Waals surface area contributed by atoms with Gasteiger partial charge in [0.15, 0.2) is 11.5 Å². The highest BCUT2D eigenvalue weighted by atomic mass is 19.1. The van der Waals surface area contributed by atoms with E-state index in [1.54, 1.807) is 30.3 Å². The lowest BCUT2D eigenvalue weighted by molar-refractivity contribution is 0.102. The lowest BCUT2D eigenvalue weighted by Crippen LogP contribution is -2.13. The number of amides is 1. The van der Waals surface area contributed by atoms with E-state index in [0.717, 1.165) is 5.56 Å². The molecule has 4 nitrogen and oxygen atoms in total. The Morgan fingerprint density at radius 1 is 0.964 bits per heavy atom. The Morgan fingerprint density at radius 3 is 2.43 bits per heavy atom. The third-order valence-electron chi connectivity index (χ3n) is 4.14. The molecule has 0 atom stereocenters. The van der Waals surface area contributed by atoms with Gasteiger partial charge in [-0.05, 0) is 49.7 Å². The van der Waals surface area contributed by atoms with Gasteiger partial charge < -0.3 is 14.8 Å². The molecule has 0 aliphatic heterocycles. The molecule has 5 heteroatoms. The van der Waals surface area contributed by atoms with Crippen molar-refractivity contribution < 1.29 is 18.7 Å². The minimum absolute atomic E-state index is 0.130. The van der Waals surface area contributed by atoms with E-state index in [2.05, 4.69) is 5.32 Å². The number of nitrogens with one attached hydrogen (secondary N) is 1. The number of para-hydroxylation sites is 1. The van der Waals surface area contributed by atoms with Crippen LogP contribution in [0.4, 0.5) is 10.1 Å². The molecule has 0 saturated carbocycles. The van der Waals surface area contributed by atoms with E-state index in [-0.39, 0.29) is 5.69 Å². The topological polar surface area (TPSA) is 47.6 Å². The van der Waals surface area contributed by atoms with Crippen LogP contribution in [0.3, 0.4) is 0 Å². The summed E-state index contributed by atoms with van der Waals surface area (Å²) < 4.78 is 25.3. The van der Waals surface area contributed by atoms with Crippen molar-refractivity contribution in [2.45, 2.75) is 20.5 Å². The molecule has 0 aromatic heterocycles. The lowest BCUT2D eigenvalue weighted by Gasteiger charge is -2.14. The lowest BCUT2D eigenvalue weighted by atomic mass is 10.1. The van der Waals surface area contributed by atoms with Gasteiger partial charge in [0.25, 0.3) is 5.91 Å². The standard InChI is InChI=1S/C23H22FNO3/c1-3-27-22-14-18(23(26)25-20-7-5-4-6-19(20)24)12-13-21(22)28-15-17-10-8-16(2)9-11-17/h4-14H,3,15H2,1-2H3,(H,25,26). The summed E-state index contributed by atoms with van der Waals surface area (Å²) in [5.74, 6) is 0.107. The van der Waals surface area contributed by atoms with Gasteiger partial charge in [-0.15, -0.1) is 0 Å². The van der Waals surface area contributed by atoms with Crippen molar-refractivity contribution in [2.24, 2.45) is 0 Å². The predicted molar refractivity (Wildman–Crippen MR) is 107 cm³/mol. The van der Waals surface area contributed by atoms with E-state index in [0.29, 0.717) is 30.3 Å². The molecule has 0 bridgehead atoms. The van der Waals surface area contributed by atoms with Gasteiger partial charge in [0.2, 0.25) is 0 Å². The quantitative estimate of drug-likeness (QED) is 0.601. The molecule has 0 saturated heterocycles. The Balaban J connectivity index is 1.75. The highest BCUT2D eigenvalue weighted by Gasteiger charge is 2.13. The number of ether oxygens (including phenoxy) is 2. The molecule has 1 amide bonds. The first-order chi connectivity index (χ1) is 13.6.